The van der Waals surface area contributed by atoms with Gasteiger partial charge in [0.05, 0.1) is 25.3 Å². The number of benzene rings is 2. The third-order valence-electron chi connectivity index (χ3n) is 5.85. The normalized spacial score (nSPS) is 14.5. The number of nitrogens with zero attached hydrogens (tertiary/aromatic N) is 1. The van der Waals surface area contributed by atoms with Crippen LogP contribution in [0.3, 0.4) is 0 Å². The molecule has 0 spiro atoms. The average molecular weight is 463 g/mol. The van der Waals surface area contributed by atoms with Crippen LogP contribution >= 0.6 is 11.3 Å². The Morgan fingerprint density at radius 2 is 1.69 bits per heavy atom. The van der Waals surface area contributed by atoms with E-state index in [1.165, 1.54) is 22.3 Å². The van der Waals surface area contributed by atoms with Crippen molar-refractivity contribution in [2.75, 3.05) is 13.1 Å². The predicted octanol–water partition coefficient (Wildman–Crippen LogP) is 6.00. The van der Waals surface area contributed by atoms with Gasteiger partial charge in [-0.25, -0.2) is 4.39 Å². The fourth-order valence-electron chi connectivity index (χ4n) is 3.80. The van der Waals surface area contributed by atoms with Crippen LogP contribution in [-0.2, 0) is 12.8 Å². The highest BCUT2D eigenvalue weighted by Crippen LogP contribution is 2.44. The Bertz CT molecular complexity index is 1160. The van der Waals surface area contributed by atoms with Crippen LogP contribution in [0.5, 0.6) is 0 Å². The Labute approximate surface area is 186 Å². The van der Waals surface area contributed by atoms with Crippen LogP contribution in [0.15, 0.2) is 42.5 Å². The quantitative estimate of drug-likeness (QED) is 0.482. The van der Waals surface area contributed by atoms with Gasteiger partial charge >= 0.3 is 6.18 Å². The van der Waals surface area contributed by atoms with Crippen LogP contribution < -0.4 is 0 Å². The number of carbonyl (C=O) groups is 1. The molecule has 2 heterocycles. The van der Waals surface area contributed by atoms with E-state index in [-0.39, 0.29) is 31.2 Å². The van der Waals surface area contributed by atoms with Crippen molar-refractivity contribution in [1.29, 1.82) is 0 Å². The lowest BCUT2D eigenvalue weighted by molar-refractivity contribution is -0.137. The molecule has 4 rings (SSSR count). The summed E-state index contributed by atoms with van der Waals surface area (Å²) < 4.78 is 54.9. The first-order valence-corrected chi connectivity index (χ1v) is 10.9. The van der Waals surface area contributed by atoms with Gasteiger partial charge in [0.2, 0.25) is 0 Å². The number of thiophene rings is 1. The highest BCUT2D eigenvalue weighted by molar-refractivity contribution is 7.15. The summed E-state index contributed by atoms with van der Waals surface area (Å²) in [7, 11) is 0. The molecular formula is C24H21F4NO2S. The van der Waals surface area contributed by atoms with Gasteiger partial charge in [0.15, 0.2) is 0 Å². The van der Waals surface area contributed by atoms with E-state index in [0.29, 0.717) is 26.4 Å². The molecule has 0 radical (unpaired) electrons. The molecule has 0 atom stereocenters. The van der Waals surface area contributed by atoms with Crippen LogP contribution in [0, 0.1) is 13.8 Å². The van der Waals surface area contributed by atoms with Crippen LogP contribution in [0.25, 0.3) is 21.6 Å². The maximum Gasteiger partial charge on any atom is 0.417 e. The van der Waals surface area contributed by atoms with E-state index in [0.717, 1.165) is 17.2 Å². The fraction of sp³-hybridized carbons (Fsp3) is 0.292. The van der Waals surface area contributed by atoms with Crippen LogP contribution in [-0.4, -0.2) is 35.2 Å². The van der Waals surface area contributed by atoms with Crippen molar-refractivity contribution in [2.24, 2.45) is 0 Å². The third-order valence-corrected chi connectivity index (χ3v) is 7.26. The van der Waals surface area contributed by atoms with Crippen molar-refractivity contribution in [3.05, 3.63) is 69.6 Å². The van der Waals surface area contributed by atoms with Crippen molar-refractivity contribution in [2.45, 2.75) is 32.8 Å². The van der Waals surface area contributed by atoms with E-state index in [4.69, 9.17) is 0 Å². The molecule has 3 nitrogen and oxygen atoms in total. The molecule has 1 aliphatic rings. The largest absolute Gasteiger partial charge is 0.417 e. The topological polar surface area (TPSA) is 40.5 Å². The van der Waals surface area contributed by atoms with E-state index in [2.05, 4.69) is 0 Å². The summed E-state index contributed by atoms with van der Waals surface area (Å²) in [5.74, 6) is -0.292. The molecule has 0 aliphatic carbocycles. The number of hydrogen-bond donors (Lipinski definition) is 1. The molecule has 3 aromatic rings. The molecule has 1 amide bonds. The van der Waals surface area contributed by atoms with E-state index < -0.39 is 17.9 Å². The number of alkyl halides is 4. The highest BCUT2D eigenvalue weighted by atomic mass is 32.1. The van der Waals surface area contributed by atoms with Gasteiger partial charge in [-0.2, -0.15) is 13.2 Å². The number of rotatable bonds is 4. The summed E-state index contributed by atoms with van der Waals surface area (Å²) in [6.45, 7) is 3.46. The van der Waals surface area contributed by atoms with E-state index in [1.54, 1.807) is 44.2 Å². The third kappa shape index (κ3) is 4.04. The second-order valence-corrected chi connectivity index (χ2v) is 9.01. The van der Waals surface area contributed by atoms with E-state index in [1.807, 2.05) is 0 Å². The summed E-state index contributed by atoms with van der Waals surface area (Å²) in [6, 6.07) is 10.5. The molecule has 1 aromatic heterocycles. The van der Waals surface area contributed by atoms with Crippen LogP contribution in [0.2, 0.25) is 0 Å². The summed E-state index contributed by atoms with van der Waals surface area (Å²) in [6.07, 6.45) is -5.56. The van der Waals surface area contributed by atoms with Crippen molar-refractivity contribution in [3.8, 4) is 21.6 Å². The highest BCUT2D eigenvalue weighted by Gasteiger charge is 2.35. The lowest BCUT2D eigenvalue weighted by atomic mass is 9.95. The molecule has 1 N–H and O–H groups in total. The van der Waals surface area contributed by atoms with Gasteiger partial charge in [0.25, 0.3) is 5.91 Å². The zero-order valence-corrected chi connectivity index (χ0v) is 18.3. The molecule has 168 valence electrons. The van der Waals surface area contributed by atoms with Gasteiger partial charge in [-0.1, -0.05) is 24.3 Å². The summed E-state index contributed by atoms with van der Waals surface area (Å²) in [5.41, 5.74) is 2.14. The average Bonchev–Trinajstić information content (AvgIpc) is 3.04. The number of hydrogen-bond acceptors (Lipinski definition) is 3. The number of likely N-dealkylation sites (tertiary alicyclic amines) is 1. The first-order valence-electron chi connectivity index (χ1n) is 10.0. The SMILES string of the molecule is Cc1c(CO)sc(-c2ccc(-c3ccc(C(=O)N4CC(F)C4)cc3)cc2C(F)(F)F)c1C. The first-order chi connectivity index (χ1) is 15.1. The van der Waals surface area contributed by atoms with Crippen molar-refractivity contribution in [3.63, 3.8) is 0 Å². The zero-order valence-electron chi connectivity index (χ0n) is 17.5. The van der Waals surface area contributed by atoms with Gasteiger partial charge in [-0.15, -0.1) is 11.3 Å². The number of halogens is 4. The predicted molar refractivity (Wildman–Crippen MR) is 116 cm³/mol. The lowest BCUT2D eigenvalue weighted by Crippen LogP contribution is -2.51. The molecule has 32 heavy (non-hydrogen) atoms. The fourth-order valence-corrected chi connectivity index (χ4v) is 5.01. The number of aliphatic hydroxyl groups excluding tert-OH is 1. The smallest absolute Gasteiger partial charge is 0.391 e. The van der Waals surface area contributed by atoms with Crippen molar-refractivity contribution < 1.29 is 27.5 Å². The Morgan fingerprint density at radius 3 is 2.22 bits per heavy atom. The Morgan fingerprint density at radius 1 is 1.06 bits per heavy atom. The van der Waals surface area contributed by atoms with Crippen molar-refractivity contribution in [1.82, 2.24) is 4.90 Å². The van der Waals surface area contributed by atoms with Crippen LogP contribution in [0.1, 0.15) is 31.9 Å². The molecule has 2 aromatic carbocycles. The first kappa shape index (κ1) is 22.5. The van der Waals surface area contributed by atoms with Crippen LogP contribution in [0.4, 0.5) is 17.6 Å². The Balaban J connectivity index is 1.70. The summed E-state index contributed by atoms with van der Waals surface area (Å²) in [4.78, 5) is 14.8. The number of carbonyl (C=O) groups excluding carboxylic acids is 1. The van der Waals surface area contributed by atoms with E-state index in [9.17, 15) is 27.5 Å². The Hall–Kier alpha value is -2.71. The molecule has 1 saturated heterocycles. The molecule has 0 saturated carbocycles. The molecule has 1 aliphatic heterocycles. The molecule has 0 unspecified atom stereocenters. The molecule has 0 bridgehead atoms. The zero-order chi connectivity index (χ0) is 23.2. The standard InChI is InChI=1S/C24H21F4NO2S/c1-13-14(2)22(32-21(13)12-30)19-8-7-17(9-20(19)24(26,27)28)15-3-5-16(6-4-15)23(31)29-10-18(25)11-29/h3-9,18,30H,10-12H2,1-2H3. The van der Waals surface area contributed by atoms with Gasteiger partial charge < -0.3 is 10.0 Å². The minimum atomic E-state index is -4.56. The summed E-state index contributed by atoms with van der Waals surface area (Å²) >= 11 is 1.17. The minimum Gasteiger partial charge on any atom is -0.391 e. The summed E-state index contributed by atoms with van der Waals surface area (Å²) in [5, 5.41) is 9.50. The Kier molecular flexibility index (Phi) is 5.85. The molecule has 1 fully saturated rings. The lowest BCUT2D eigenvalue weighted by Gasteiger charge is -2.34. The number of amides is 1. The van der Waals surface area contributed by atoms with Gasteiger partial charge in [-0.3, -0.25) is 4.79 Å². The van der Waals surface area contributed by atoms with Gasteiger partial charge in [0, 0.05) is 20.9 Å². The second kappa shape index (κ2) is 8.33. The number of aliphatic hydroxyl groups is 1. The van der Waals surface area contributed by atoms with Crippen molar-refractivity contribution >= 4 is 17.2 Å². The second-order valence-electron chi connectivity index (χ2n) is 7.91. The maximum atomic E-state index is 14.0. The monoisotopic (exact) mass is 463 g/mol. The maximum absolute atomic E-state index is 14.0. The minimum absolute atomic E-state index is 0.0661. The van der Waals surface area contributed by atoms with Gasteiger partial charge in [-0.05, 0) is 54.3 Å². The molecular weight excluding hydrogens is 442 g/mol. The van der Waals surface area contributed by atoms with Gasteiger partial charge in [0.1, 0.15) is 6.17 Å². The van der Waals surface area contributed by atoms with E-state index >= 15 is 0 Å². The molecule has 8 heteroatoms.